The molecule has 0 bridgehead atoms. The van der Waals surface area contributed by atoms with Crippen LogP contribution in [0.4, 0.5) is 0 Å². The molecule has 0 spiro atoms. The second-order valence-corrected chi connectivity index (χ2v) is 26.9. The van der Waals surface area contributed by atoms with Crippen LogP contribution in [0.3, 0.4) is 0 Å². The fraction of sp³-hybridized carbons (Fsp3) is 0.434. The minimum Gasteiger partial charge on any atom is -0.494 e. The van der Waals surface area contributed by atoms with E-state index < -0.39 is 11.9 Å². The van der Waals surface area contributed by atoms with E-state index in [4.69, 9.17) is 62.1 Å². The first-order valence-corrected chi connectivity index (χ1v) is 36.4. The van der Waals surface area contributed by atoms with Crippen molar-refractivity contribution in [3.8, 4) is 51.7 Å². The summed E-state index contributed by atoms with van der Waals surface area (Å²) in [5.41, 5.74) is 2.87. The average Bonchev–Trinajstić information content (AvgIpc) is 0.732. The van der Waals surface area contributed by atoms with Gasteiger partial charge in [-0.3, -0.25) is 14.4 Å². The Morgan fingerprint density at radius 2 is 0.663 bits per heavy atom. The van der Waals surface area contributed by atoms with E-state index >= 15 is 0 Å². The van der Waals surface area contributed by atoms with E-state index in [1.54, 1.807) is 36.4 Å². The molecule has 1 heterocycles. The lowest BCUT2D eigenvalue weighted by Crippen LogP contribution is -2.27. The molecule has 3 saturated carbocycles. The molecular formula is C83H94N2O16. The molecule has 0 saturated heterocycles. The Bertz CT molecular complexity index is 4080. The highest BCUT2D eigenvalue weighted by Gasteiger charge is 2.32. The Hall–Kier alpha value is -9.71. The third-order valence-corrected chi connectivity index (χ3v) is 19.5. The van der Waals surface area contributed by atoms with E-state index in [-0.39, 0.29) is 53.4 Å². The molecule has 0 amide bonds. The molecule has 101 heavy (non-hydrogen) atoms. The molecule has 532 valence electrons. The number of hydrogen-bond donors (Lipinski definition) is 0. The van der Waals surface area contributed by atoms with Gasteiger partial charge in [-0.05, 0) is 285 Å². The highest BCUT2D eigenvalue weighted by Crippen LogP contribution is 2.41. The fourth-order valence-electron chi connectivity index (χ4n) is 13.5. The van der Waals surface area contributed by atoms with E-state index in [0.29, 0.717) is 119 Å². The van der Waals surface area contributed by atoms with Gasteiger partial charge in [-0.2, -0.15) is 0 Å². The second-order valence-electron chi connectivity index (χ2n) is 26.9. The van der Waals surface area contributed by atoms with Crippen molar-refractivity contribution in [1.29, 1.82) is 0 Å². The van der Waals surface area contributed by atoms with Gasteiger partial charge in [-0.1, -0.05) is 20.1 Å². The lowest BCUT2D eigenvalue weighted by atomic mass is 9.82. The summed E-state index contributed by atoms with van der Waals surface area (Å²) in [4.78, 5) is 73.1. The lowest BCUT2D eigenvalue weighted by molar-refractivity contribution is -0.141. The highest BCUT2D eigenvalue weighted by molar-refractivity contribution is 6.24. The van der Waals surface area contributed by atoms with Gasteiger partial charge in [0.2, 0.25) is 0 Å². The Morgan fingerprint density at radius 1 is 0.347 bits per heavy atom. The van der Waals surface area contributed by atoms with Crippen LogP contribution in [-0.4, -0.2) is 92.7 Å². The van der Waals surface area contributed by atoms with Gasteiger partial charge in [0.1, 0.15) is 51.7 Å². The topological polar surface area (TPSA) is 213 Å². The maximum Gasteiger partial charge on any atom is 0.330 e. The summed E-state index contributed by atoms with van der Waals surface area (Å²) in [6.07, 6.45) is 19.7. The predicted molar refractivity (Wildman–Crippen MR) is 387 cm³/mol. The standard InChI is InChI=1S/C83H94N2O16/c1-4-45-91-62-27-33-65(34-28-62)99-81(88)61-25-19-58(20-26-61)55-98-70-41-44-75-76(52-70)85-80-74-51-69(97-54-57-17-23-60(24-18-57)83(90)101-67-37-31-64(32-38-67)93-47-12-8-10-14-49-95-78(87)6-3)40-43-72(74)71-42-39-68(50-73(71)79(80)84-75)96-53-56-15-21-59(22-16-56)82(89)100-66-35-29-63(30-36-66)92-46-11-7-9-13-48-94-77(86)5-2/h5-6,27-44,50-52,56-61H,2-4,7-26,45-49,53-55H2,1H3. The largest absolute Gasteiger partial charge is 0.494 e. The molecule has 3 aliphatic rings. The first-order chi connectivity index (χ1) is 49.4. The number of aromatic nitrogens is 2. The third kappa shape index (κ3) is 21.2. The van der Waals surface area contributed by atoms with Crippen LogP contribution in [0.15, 0.2) is 153 Å². The Morgan fingerprint density at radius 3 is 1.03 bits per heavy atom. The van der Waals surface area contributed by atoms with Gasteiger partial charge in [0.15, 0.2) is 0 Å². The van der Waals surface area contributed by atoms with Crippen molar-refractivity contribution >= 4 is 73.5 Å². The lowest BCUT2D eigenvalue weighted by Gasteiger charge is -2.27. The number of carbonyl (C=O) groups excluding carboxylic acids is 5. The zero-order valence-electron chi connectivity index (χ0n) is 58.1. The molecule has 7 aromatic carbocycles. The summed E-state index contributed by atoms with van der Waals surface area (Å²) in [5.74, 6) is 4.61. The quantitative estimate of drug-likeness (QED) is 0.00891. The normalized spacial score (nSPS) is 18.2. The highest BCUT2D eigenvalue weighted by atomic mass is 16.6. The van der Waals surface area contributed by atoms with Crippen LogP contribution in [0, 0.1) is 35.5 Å². The number of fused-ring (bicyclic) bond motifs is 7. The SMILES string of the molecule is C=CC(=O)OCCCCCCOc1ccc(OC(=O)C2CCC(COc3ccc4c5ccc(OCC6CCC(C(=O)Oc7ccc(OCCCCCCOC(=O)C=C)cc7)CC6)cc5c5nc6cc(OCC7CCC(C(=O)Oc8ccc(OCCC)cc8)CC7)ccc6nc5c4c3)CC2)cc1. The molecule has 8 aromatic rings. The van der Waals surface area contributed by atoms with Crippen LogP contribution in [0.1, 0.15) is 142 Å². The Kier molecular flexibility index (Phi) is 26.6. The third-order valence-electron chi connectivity index (χ3n) is 19.5. The van der Waals surface area contributed by atoms with Crippen molar-refractivity contribution in [2.45, 2.75) is 142 Å². The molecule has 3 fully saturated rings. The minimum absolute atomic E-state index is 0.168. The molecular weight excluding hydrogens is 1280 g/mol. The number of carbonyl (C=O) groups is 5. The molecule has 18 heteroatoms. The Balaban J connectivity index is 0.698. The van der Waals surface area contributed by atoms with E-state index in [0.717, 1.165) is 164 Å². The summed E-state index contributed by atoms with van der Waals surface area (Å²) >= 11 is 0. The zero-order chi connectivity index (χ0) is 70.1. The van der Waals surface area contributed by atoms with Crippen molar-refractivity contribution < 1.29 is 76.1 Å². The van der Waals surface area contributed by atoms with Crippen LogP contribution >= 0.6 is 0 Å². The van der Waals surface area contributed by atoms with Gasteiger partial charge in [0.25, 0.3) is 0 Å². The zero-order valence-corrected chi connectivity index (χ0v) is 58.1. The maximum atomic E-state index is 13.4. The first kappa shape index (κ1) is 72.5. The minimum atomic E-state index is -0.399. The van der Waals surface area contributed by atoms with Crippen molar-refractivity contribution in [3.05, 3.63) is 153 Å². The van der Waals surface area contributed by atoms with Gasteiger partial charge < -0.3 is 52.1 Å². The molecule has 0 aliphatic heterocycles. The van der Waals surface area contributed by atoms with E-state index in [1.807, 2.05) is 66.7 Å². The van der Waals surface area contributed by atoms with Crippen molar-refractivity contribution in [1.82, 2.24) is 9.97 Å². The van der Waals surface area contributed by atoms with Crippen LogP contribution in [0.5, 0.6) is 51.7 Å². The monoisotopic (exact) mass is 1370 g/mol. The summed E-state index contributed by atoms with van der Waals surface area (Å²) in [5, 5.41) is 3.81. The number of ether oxygens (including phenoxy) is 11. The molecule has 0 N–H and O–H groups in total. The van der Waals surface area contributed by atoms with Gasteiger partial charge in [0.05, 0.1) is 92.7 Å². The molecule has 0 radical (unpaired) electrons. The van der Waals surface area contributed by atoms with Crippen molar-refractivity contribution in [2.75, 3.05) is 52.9 Å². The van der Waals surface area contributed by atoms with Crippen LogP contribution in [0.25, 0.3) is 43.6 Å². The van der Waals surface area contributed by atoms with Crippen LogP contribution < -0.4 is 42.6 Å². The number of unbranched alkanes of at least 4 members (excludes halogenated alkanes) is 6. The first-order valence-electron chi connectivity index (χ1n) is 36.4. The molecule has 3 aliphatic carbocycles. The molecule has 1 aromatic heterocycles. The van der Waals surface area contributed by atoms with Crippen LogP contribution in [-0.2, 0) is 33.4 Å². The summed E-state index contributed by atoms with van der Waals surface area (Å²) in [7, 11) is 0. The predicted octanol–water partition coefficient (Wildman–Crippen LogP) is 17.6. The molecule has 0 atom stereocenters. The average molecular weight is 1380 g/mol. The van der Waals surface area contributed by atoms with Gasteiger partial charge in [-0.15, -0.1) is 0 Å². The summed E-state index contributed by atoms with van der Waals surface area (Å²) in [6.45, 7) is 12.9. The maximum absolute atomic E-state index is 13.4. The van der Waals surface area contributed by atoms with Crippen LogP contribution in [0.2, 0.25) is 0 Å². The Labute approximate surface area is 591 Å². The number of rotatable bonds is 36. The van der Waals surface area contributed by atoms with Crippen molar-refractivity contribution in [2.24, 2.45) is 35.5 Å². The fourth-order valence-corrected chi connectivity index (χ4v) is 13.5. The number of nitrogens with zero attached hydrogens (tertiary/aromatic N) is 2. The molecule has 18 nitrogen and oxygen atoms in total. The van der Waals surface area contributed by atoms with Gasteiger partial charge in [0, 0.05) is 29.0 Å². The van der Waals surface area contributed by atoms with Gasteiger partial charge >= 0.3 is 29.8 Å². The summed E-state index contributed by atoms with van der Waals surface area (Å²) < 4.78 is 64.7. The number of benzene rings is 7. The number of esters is 5. The van der Waals surface area contributed by atoms with E-state index in [1.165, 1.54) is 12.2 Å². The second kappa shape index (κ2) is 37.1. The van der Waals surface area contributed by atoms with E-state index in [2.05, 4.69) is 44.3 Å². The van der Waals surface area contributed by atoms with E-state index in [9.17, 15) is 24.0 Å². The summed E-state index contributed by atoms with van der Waals surface area (Å²) in [6, 6.07) is 39.9. The van der Waals surface area contributed by atoms with Gasteiger partial charge in [-0.25, -0.2) is 19.6 Å². The molecule has 0 unspecified atom stereocenters. The smallest absolute Gasteiger partial charge is 0.330 e. The number of hydrogen-bond acceptors (Lipinski definition) is 18. The van der Waals surface area contributed by atoms with Crippen molar-refractivity contribution in [3.63, 3.8) is 0 Å². The molecule has 11 rings (SSSR count).